The third kappa shape index (κ3) is 2.75. The Hall–Kier alpha value is -1.71. The molecule has 18 heavy (non-hydrogen) atoms. The Labute approximate surface area is 107 Å². The second-order valence-electron chi connectivity index (χ2n) is 5.28. The molecule has 1 fully saturated rings. The molecule has 1 saturated carbocycles. The second-order valence-corrected chi connectivity index (χ2v) is 5.28. The van der Waals surface area contributed by atoms with Crippen molar-refractivity contribution < 1.29 is 15.0 Å². The Morgan fingerprint density at radius 1 is 1.17 bits per heavy atom. The van der Waals surface area contributed by atoms with Gasteiger partial charge in [0.25, 0.3) is 5.91 Å². The highest BCUT2D eigenvalue weighted by Gasteiger charge is 2.28. The molecule has 3 N–H and O–H groups in total. The Balaban J connectivity index is 2.09. The molecule has 4 nitrogen and oxygen atoms in total. The summed E-state index contributed by atoms with van der Waals surface area (Å²) in [6.07, 6.45) is 5.48. The van der Waals surface area contributed by atoms with E-state index in [-0.39, 0.29) is 22.9 Å². The van der Waals surface area contributed by atoms with Crippen molar-refractivity contribution in [3.8, 4) is 11.5 Å². The van der Waals surface area contributed by atoms with E-state index in [1.165, 1.54) is 24.6 Å². The standard InChI is InChI=1S/C14H19NO3/c1-14(7-3-2-4-8-14)15-13(18)10-5-6-11(16)12(17)9-10/h5-6,9,16-17H,2-4,7-8H2,1H3,(H,15,18). The zero-order valence-electron chi connectivity index (χ0n) is 10.6. The summed E-state index contributed by atoms with van der Waals surface area (Å²) in [5.74, 6) is -0.679. The average molecular weight is 249 g/mol. The first-order valence-electron chi connectivity index (χ1n) is 6.35. The van der Waals surface area contributed by atoms with Gasteiger partial charge >= 0.3 is 0 Å². The quantitative estimate of drug-likeness (QED) is 0.705. The third-order valence-electron chi connectivity index (χ3n) is 3.61. The number of phenols is 2. The van der Waals surface area contributed by atoms with Crippen molar-refractivity contribution in [1.29, 1.82) is 0 Å². The predicted octanol–water partition coefficient (Wildman–Crippen LogP) is 2.55. The Morgan fingerprint density at radius 3 is 2.44 bits per heavy atom. The minimum Gasteiger partial charge on any atom is -0.504 e. The first kappa shape index (κ1) is 12.7. The van der Waals surface area contributed by atoms with Gasteiger partial charge in [-0.1, -0.05) is 19.3 Å². The molecule has 0 atom stereocenters. The van der Waals surface area contributed by atoms with Gasteiger partial charge in [-0.15, -0.1) is 0 Å². The number of carbonyl (C=O) groups is 1. The summed E-state index contributed by atoms with van der Waals surface area (Å²) in [5, 5.41) is 21.6. The summed E-state index contributed by atoms with van der Waals surface area (Å²) < 4.78 is 0. The summed E-state index contributed by atoms with van der Waals surface area (Å²) in [6.45, 7) is 2.06. The number of hydrogen-bond acceptors (Lipinski definition) is 3. The zero-order valence-corrected chi connectivity index (χ0v) is 10.6. The van der Waals surface area contributed by atoms with Crippen LogP contribution in [0.4, 0.5) is 0 Å². The smallest absolute Gasteiger partial charge is 0.251 e. The lowest BCUT2D eigenvalue weighted by molar-refractivity contribution is 0.0882. The minimum absolute atomic E-state index is 0.150. The molecule has 0 heterocycles. The van der Waals surface area contributed by atoms with Gasteiger partial charge in [-0.3, -0.25) is 4.79 Å². The van der Waals surface area contributed by atoms with E-state index in [4.69, 9.17) is 0 Å². The zero-order chi connectivity index (χ0) is 13.2. The van der Waals surface area contributed by atoms with Crippen molar-refractivity contribution in [2.24, 2.45) is 0 Å². The highest BCUT2D eigenvalue weighted by atomic mass is 16.3. The van der Waals surface area contributed by atoms with Crippen LogP contribution in [0.15, 0.2) is 18.2 Å². The highest BCUT2D eigenvalue weighted by Crippen LogP contribution is 2.29. The first-order chi connectivity index (χ1) is 8.50. The molecule has 0 unspecified atom stereocenters. The molecule has 2 rings (SSSR count). The van der Waals surface area contributed by atoms with Gasteiger partial charge in [0.2, 0.25) is 0 Å². The lowest BCUT2D eigenvalue weighted by atomic mass is 9.83. The minimum atomic E-state index is -0.267. The topological polar surface area (TPSA) is 69.6 Å². The molecule has 1 aliphatic rings. The number of carbonyl (C=O) groups excluding carboxylic acids is 1. The van der Waals surface area contributed by atoms with Gasteiger partial charge < -0.3 is 15.5 Å². The monoisotopic (exact) mass is 249 g/mol. The van der Waals surface area contributed by atoms with E-state index in [0.717, 1.165) is 25.7 Å². The molecule has 0 aromatic heterocycles. The maximum Gasteiger partial charge on any atom is 0.251 e. The number of amides is 1. The van der Waals surface area contributed by atoms with Gasteiger partial charge in [0.05, 0.1) is 0 Å². The molecular formula is C14H19NO3. The summed E-state index contributed by atoms with van der Waals surface area (Å²) in [5.41, 5.74) is 0.222. The van der Waals surface area contributed by atoms with E-state index in [0.29, 0.717) is 5.56 Å². The van der Waals surface area contributed by atoms with Crippen molar-refractivity contribution in [2.75, 3.05) is 0 Å². The molecule has 0 saturated heterocycles. The van der Waals surface area contributed by atoms with Crippen molar-refractivity contribution in [3.63, 3.8) is 0 Å². The summed E-state index contributed by atoms with van der Waals surface area (Å²) in [6, 6.07) is 4.13. The van der Waals surface area contributed by atoms with Crippen LogP contribution >= 0.6 is 0 Å². The van der Waals surface area contributed by atoms with Crippen molar-refractivity contribution in [1.82, 2.24) is 5.32 Å². The second kappa shape index (κ2) is 4.88. The van der Waals surface area contributed by atoms with Crippen LogP contribution in [0.3, 0.4) is 0 Å². The van der Waals surface area contributed by atoms with E-state index < -0.39 is 0 Å². The van der Waals surface area contributed by atoms with Gasteiger partial charge in [-0.05, 0) is 38.0 Å². The van der Waals surface area contributed by atoms with Crippen LogP contribution in [0.2, 0.25) is 0 Å². The molecule has 0 radical (unpaired) electrons. The number of hydrogen-bond donors (Lipinski definition) is 3. The molecular weight excluding hydrogens is 230 g/mol. The SMILES string of the molecule is CC1(NC(=O)c2ccc(O)c(O)c2)CCCCC1. The lowest BCUT2D eigenvalue weighted by Gasteiger charge is -2.34. The normalized spacial score (nSPS) is 18.3. The molecule has 1 aliphatic carbocycles. The predicted molar refractivity (Wildman–Crippen MR) is 68.7 cm³/mol. The summed E-state index contributed by atoms with van der Waals surface area (Å²) >= 11 is 0. The molecule has 1 aromatic carbocycles. The van der Waals surface area contributed by atoms with Crippen LogP contribution in [0.1, 0.15) is 49.4 Å². The maximum atomic E-state index is 12.1. The third-order valence-corrected chi connectivity index (χ3v) is 3.61. The van der Waals surface area contributed by atoms with Gasteiger partial charge in [0.15, 0.2) is 11.5 Å². The van der Waals surface area contributed by atoms with Crippen LogP contribution in [0, 0.1) is 0 Å². The fourth-order valence-corrected chi connectivity index (χ4v) is 2.47. The fraction of sp³-hybridized carbons (Fsp3) is 0.500. The van der Waals surface area contributed by atoms with E-state index >= 15 is 0 Å². The first-order valence-corrected chi connectivity index (χ1v) is 6.35. The van der Waals surface area contributed by atoms with Gasteiger partial charge in [-0.2, -0.15) is 0 Å². The van der Waals surface area contributed by atoms with Crippen LogP contribution in [0.25, 0.3) is 0 Å². The number of rotatable bonds is 2. The van der Waals surface area contributed by atoms with Crippen LogP contribution in [-0.2, 0) is 0 Å². The number of nitrogens with one attached hydrogen (secondary N) is 1. The molecule has 98 valence electrons. The summed E-state index contributed by atoms with van der Waals surface area (Å²) in [4.78, 5) is 12.1. The van der Waals surface area contributed by atoms with Crippen LogP contribution < -0.4 is 5.32 Å². The fourth-order valence-electron chi connectivity index (χ4n) is 2.47. The van der Waals surface area contributed by atoms with Gasteiger partial charge in [0.1, 0.15) is 0 Å². The average Bonchev–Trinajstić information content (AvgIpc) is 2.33. The maximum absolute atomic E-state index is 12.1. The number of benzene rings is 1. The summed E-state index contributed by atoms with van der Waals surface area (Å²) in [7, 11) is 0. The van der Waals surface area contributed by atoms with Crippen LogP contribution in [-0.4, -0.2) is 21.7 Å². The largest absolute Gasteiger partial charge is 0.504 e. The Bertz CT molecular complexity index is 450. The van der Waals surface area contributed by atoms with E-state index in [9.17, 15) is 15.0 Å². The van der Waals surface area contributed by atoms with Crippen molar-refractivity contribution >= 4 is 5.91 Å². The Morgan fingerprint density at radius 2 is 1.83 bits per heavy atom. The molecule has 0 aliphatic heterocycles. The van der Waals surface area contributed by atoms with Gasteiger partial charge in [-0.25, -0.2) is 0 Å². The van der Waals surface area contributed by atoms with Crippen molar-refractivity contribution in [3.05, 3.63) is 23.8 Å². The Kier molecular flexibility index (Phi) is 3.45. The van der Waals surface area contributed by atoms with E-state index in [1.54, 1.807) is 0 Å². The highest BCUT2D eigenvalue weighted by molar-refractivity contribution is 5.95. The van der Waals surface area contributed by atoms with Gasteiger partial charge in [0, 0.05) is 11.1 Å². The number of phenolic OH excluding ortho intramolecular Hbond substituents is 2. The van der Waals surface area contributed by atoms with E-state index in [2.05, 4.69) is 12.2 Å². The lowest BCUT2D eigenvalue weighted by Crippen LogP contribution is -2.47. The van der Waals surface area contributed by atoms with Crippen LogP contribution in [0.5, 0.6) is 11.5 Å². The van der Waals surface area contributed by atoms with E-state index in [1.807, 2.05) is 0 Å². The molecule has 1 aromatic rings. The molecule has 1 amide bonds. The van der Waals surface area contributed by atoms with Crippen molar-refractivity contribution in [2.45, 2.75) is 44.6 Å². The molecule has 0 bridgehead atoms. The number of aromatic hydroxyl groups is 2. The molecule has 0 spiro atoms. The molecule has 4 heteroatoms.